The molecule has 3 aromatic rings. The molecule has 1 fully saturated rings. The van der Waals surface area contributed by atoms with Crippen LogP contribution in [0.15, 0.2) is 78.9 Å². The molecule has 1 unspecified atom stereocenters. The largest absolute Gasteiger partial charge is 0.507 e. The zero-order chi connectivity index (χ0) is 22.5. The molecule has 7 heteroatoms. The van der Waals surface area contributed by atoms with E-state index in [2.05, 4.69) is 4.98 Å². The average Bonchev–Trinajstić information content (AvgIpc) is 3.42. The summed E-state index contributed by atoms with van der Waals surface area (Å²) in [4.78, 5) is 31.7. The summed E-state index contributed by atoms with van der Waals surface area (Å²) in [5.74, 6) is -0.817. The van der Waals surface area contributed by atoms with E-state index in [1.165, 1.54) is 0 Å². The molecule has 1 saturated heterocycles. The summed E-state index contributed by atoms with van der Waals surface area (Å²) in [6, 6.07) is 15.4. The van der Waals surface area contributed by atoms with Gasteiger partial charge in [-0.25, -0.2) is 4.98 Å². The number of aromatic nitrogens is 2. The Bertz CT molecular complexity index is 1120. The highest BCUT2D eigenvalue weighted by Gasteiger charge is 2.45. The first-order valence-electron chi connectivity index (χ1n) is 10.6. The van der Waals surface area contributed by atoms with Gasteiger partial charge in [0.25, 0.3) is 11.7 Å². The SMILES string of the molecule is CCOc1cccc(C2C(=C(O)c3ccccc3)C(=O)C(=O)N2CCCn2ccnc2)c1. The van der Waals surface area contributed by atoms with Gasteiger partial charge < -0.3 is 19.3 Å². The lowest BCUT2D eigenvalue weighted by Gasteiger charge is -2.25. The molecule has 164 valence electrons. The van der Waals surface area contributed by atoms with Gasteiger partial charge in [-0.05, 0) is 31.0 Å². The fourth-order valence-electron chi connectivity index (χ4n) is 3.99. The van der Waals surface area contributed by atoms with E-state index in [1.807, 2.05) is 48.0 Å². The number of aliphatic hydroxyl groups is 1. The molecule has 2 aromatic carbocycles. The van der Waals surface area contributed by atoms with Crippen molar-refractivity contribution in [1.29, 1.82) is 0 Å². The lowest BCUT2D eigenvalue weighted by Crippen LogP contribution is -2.31. The molecule has 0 radical (unpaired) electrons. The van der Waals surface area contributed by atoms with Gasteiger partial charge in [0.15, 0.2) is 0 Å². The minimum Gasteiger partial charge on any atom is -0.507 e. The fourth-order valence-corrected chi connectivity index (χ4v) is 3.99. The number of hydrogen-bond acceptors (Lipinski definition) is 5. The maximum Gasteiger partial charge on any atom is 0.295 e. The van der Waals surface area contributed by atoms with Gasteiger partial charge >= 0.3 is 0 Å². The zero-order valence-electron chi connectivity index (χ0n) is 17.8. The Morgan fingerprint density at radius 1 is 1.09 bits per heavy atom. The minimum absolute atomic E-state index is 0.0949. The molecule has 0 bridgehead atoms. The summed E-state index contributed by atoms with van der Waals surface area (Å²) < 4.78 is 7.55. The highest BCUT2D eigenvalue weighted by Crippen LogP contribution is 2.40. The van der Waals surface area contributed by atoms with Crippen molar-refractivity contribution >= 4 is 17.4 Å². The van der Waals surface area contributed by atoms with Crippen molar-refractivity contribution in [2.75, 3.05) is 13.2 Å². The number of ether oxygens (including phenoxy) is 1. The molecule has 7 nitrogen and oxygen atoms in total. The predicted molar refractivity (Wildman–Crippen MR) is 120 cm³/mol. The maximum atomic E-state index is 13.1. The smallest absolute Gasteiger partial charge is 0.295 e. The second kappa shape index (κ2) is 9.51. The molecular formula is C25H25N3O4. The number of nitrogens with zero attached hydrogens (tertiary/aromatic N) is 3. The third-order valence-corrected chi connectivity index (χ3v) is 5.45. The zero-order valence-corrected chi connectivity index (χ0v) is 17.8. The van der Waals surface area contributed by atoms with Crippen LogP contribution in [0.5, 0.6) is 5.75 Å². The number of carbonyl (C=O) groups excluding carboxylic acids is 2. The predicted octanol–water partition coefficient (Wildman–Crippen LogP) is 3.79. The second-order valence-corrected chi connectivity index (χ2v) is 7.52. The van der Waals surface area contributed by atoms with Gasteiger partial charge in [-0.3, -0.25) is 9.59 Å². The van der Waals surface area contributed by atoms with Gasteiger partial charge in [-0.1, -0.05) is 42.5 Å². The quantitative estimate of drug-likeness (QED) is 0.333. The summed E-state index contributed by atoms with van der Waals surface area (Å²) in [6.45, 7) is 3.41. The third kappa shape index (κ3) is 4.27. The van der Waals surface area contributed by atoms with Crippen LogP contribution in [0.4, 0.5) is 0 Å². The lowest BCUT2D eigenvalue weighted by molar-refractivity contribution is -0.139. The van der Waals surface area contributed by atoms with Gasteiger partial charge in [0.05, 0.1) is 24.5 Å². The number of benzene rings is 2. The van der Waals surface area contributed by atoms with Crippen LogP contribution in [0, 0.1) is 0 Å². The molecule has 1 aromatic heterocycles. The Kier molecular flexibility index (Phi) is 6.35. The van der Waals surface area contributed by atoms with Gasteiger partial charge in [-0.15, -0.1) is 0 Å². The monoisotopic (exact) mass is 431 g/mol. The highest BCUT2D eigenvalue weighted by atomic mass is 16.5. The number of likely N-dealkylation sites (tertiary alicyclic amines) is 1. The molecule has 1 N–H and O–H groups in total. The van der Waals surface area contributed by atoms with E-state index in [0.29, 0.717) is 37.4 Å². The van der Waals surface area contributed by atoms with Crippen LogP contribution in [0.3, 0.4) is 0 Å². The molecule has 1 aliphatic heterocycles. The Balaban J connectivity index is 1.73. The number of carbonyl (C=O) groups is 2. The normalized spacial score (nSPS) is 17.7. The first-order chi connectivity index (χ1) is 15.6. The number of imidazole rings is 1. The Labute approximate surface area is 186 Å². The maximum absolute atomic E-state index is 13.1. The standard InChI is InChI=1S/C25H25N3O4/c1-2-32-20-11-6-10-19(16-20)22-21(23(29)18-8-4-3-5-9-18)24(30)25(31)28(22)14-7-13-27-15-12-26-17-27/h3-6,8-12,15-17,22,29H,2,7,13-14H2,1H3. The van der Waals surface area contributed by atoms with Crippen LogP contribution < -0.4 is 4.74 Å². The van der Waals surface area contributed by atoms with Crippen molar-refractivity contribution in [1.82, 2.24) is 14.5 Å². The minimum atomic E-state index is -0.696. The van der Waals surface area contributed by atoms with Crippen LogP contribution in [-0.2, 0) is 16.1 Å². The summed E-state index contributed by atoms with van der Waals surface area (Å²) in [5, 5.41) is 11.0. The van der Waals surface area contributed by atoms with E-state index < -0.39 is 17.7 Å². The van der Waals surface area contributed by atoms with E-state index in [4.69, 9.17) is 4.74 Å². The number of ketones is 1. The van der Waals surface area contributed by atoms with E-state index in [0.717, 1.165) is 5.56 Å². The summed E-state index contributed by atoms with van der Waals surface area (Å²) >= 11 is 0. The molecule has 1 amide bonds. The molecule has 1 aliphatic rings. The highest BCUT2D eigenvalue weighted by molar-refractivity contribution is 6.46. The summed E-state index contributed by atoms with van der Waals surface area (Å²) in [6.07, 6.45) is 5.90. The van der Waals surface area contributed by atoms with Crippen molar-refractivity contribution in [3.05, 3.63) is 90.0 Å². The molecule has 32 heavy (non-hydrogen) atoms. The van der Waals surface area contributed by atoms with Crippen molar-refractivity contribution in [2.45, 2.75) is 25.9 Å². The average molecular weight is 431 g/mol. The van der Waals surface area contributed by atoms with Crippen molar-refractivity contribution in [3.8, 4) is 5.75 Å². The molecule has 0 aliphatic carbocycles. The van der Waals surface area contributed by atoms with Gasteiger partial charge in [0, 0.05) is 31.0 Å². The van der Waals surface area contributed by atoms with Crippen LogP contribution >= 0.6 is 0 Å². The van der Waals surface area contributed by atoms with Crippen LogP contribution in [-0.4, -0.2) is 44.4 Å². The van der Waals surface area contributed by atoms with Crippen LogP contribution in [0.2, 0.25) is 0 Å². The third-order valence-electron chi connectivity index (χ3n) is 5.45. The Hall–Kier alpha value is -3.87. The van der Waals surface area contributed by atoms with Gasteiger partial charge in [0.2, 0.25) is 0 Å². The Morgan fingerprint density at radius 3 is 2.62 bits per heavy atom. The second-order valence-electron chi connectivity index (χ2n) is 7.52. The molecule has 4 rings (SSSR count). The molecule has 0 spiro atoms. The summed E-state index contributed by atoms with van der Waals surface area (Å²) in [5.41, 5.74) is 1.31. The van der Waals surface area contributed by atoms with Crippen LogP contribution in [0.1, 0.15) is 30.5 Å². The number of aryl methyl sites for hydroxylation is 1. The van der Waals surface area contributed by atoms with Crippen molar-refractivity contribution < 1.29 is 19.4 Å². The van der Waals surface area contributed by atoms with E-state index in [1.54, 1.807) is 41.7 Å². The molecule has 1 atom stereocenters. The number of amides is 1. The van der Waals surface area contributed by atoms with E-state index in [9.17, 15) is 14.7 Å². The molecular weight excluding hydrogens is 406 g/mol. The van der Waals surface area contributed by atoms with Crippen molar-refractivity contribution in [2.24, 2.45) is 0 Å². The Morgan fingerprint density at radius 2 is 1.91 bits per heavy atom. The topological polar surface area (TPSA) is 84.7 Å². The van der Waals surface area contributed by atoms with Gasteiger partial charge in [-0.2, -0.15) is 0 Å². The van der Waals surface area contributed by atoms with Crippen LogP contribution in [0.25, 0.3) is 5.76 Å². The number of Topliss-reactive ketones (excluding diaryl/α,β-unsaturated/α-hetero) is 1. The van der Waals surface area contributed by atoms with E-state index >= 15 is 0 Å². The lowest BCUT2D eigenvalue weighted by atomic mass is 9.95. The van der Waals surface area contributed by atoms with E-state index in [-0.39, 0.29) is 11.3 Å². The first kappa shape index (κ1) is 21.4. The molecule has 2 heterocycles. The molecule has 0 saturated carbocycles. The number of rotatable bonds is 8. The van der Waals surface area contributed by atoms with Gasteiger partial charge in [0.1, 0.15) is 11.5 Å². The first-order valence-corrected chi connectivity index (χ1v) is 10.6. The number of hydrogen-bond donors (Lipinski definition) is 1. The fraction of sp³-hybridized carbons (Fsp3) is 0.240. The number of aliphatic hydroxyl groups excluding tert-OH is 1. The summed E-state index contributed by atoms with van der Waals surface area (Å²) in [7, 11) is 0. The van der Waals surface area contributed by atoms with Crippen molar-refractivity contribution in [3.63, 3.8) is 0 Å².